The molecule has 4 fully saturated rings. The predicted octanol–water partition coefficient (Wildman–Crippen LogP) is 6.05. The molecule has 4 aliphatic rings. The van der Waals surface area contributed by atoms with Crippen LogP contribution in [-0.4, -0.2) is 22.9 Å². The van der Waals surface area contributed by atoms with Crippen LogP contribution >= 0.6 is 0 Å². The summed E-state index contributed by atoms with van der Waals surface area (Å²) in [7, 11) is 0. The molecular weight excluding hydrogens is 344 g/mol. The molecule has 0 spiro atoms. The molecular formula is C26H46O2. The van der Waals surface area contributed by atoms with Gasteiger partial charge in [0, 0.05) is 6.61 Å². The second-order valence-electron chi connectivity index (χ2n) is 11.8. The van der Waals surface area contributed by atoms with Gasteiger partial charge in [-0.2, -0.15) is 0 Å². The van der Waals surface area contributed by atoms with Crippen LogP contribution in [-0.2, 0) is 0 Å². The summed E-state index contributed by atoms with van der Waals surface area (Å²) in [5.74, 6) is 4.79. The molecule has 162 valence electrons. The number of rotatable bonds is 5. The third-order valence-electron chi connectivity index (χ3n) is 10.9. The van der Waals surface area contributed by atoms with Crippen molar-refractivity contribution in [3.63, 3.8) is 0 Å². The molecule has 0 aliphatic heterocycles. The first kappa shape index (κ1) is 21.2. The minimum atomic E-state index is -0.0673. The molecule has 0 radical (unpaired) electrons. The van der Waals surface area contributed by atoms with E-state index in [2.05, 4.69) is 27.7 Å². The molecule has 0 aromatic heterocycles. The zero-order valence-electron chi connectivity index (χ0n) is 19.0. The Balaban J connectivity index is 1.63. The fraction of sp³-hybridized carbons (Fsp3) is 1.00. The van der Waals surface area contributed by atoms with Crippen LogP contribution in [0.25, 0.3) is 0 Å². The molecule has 4 aliphatic carbocycles. The van der Waals surface area contributed by atoms with Crippen molar-refractivity contribution in [2.75, 3.05) is 6.61 Å². The predicted molar refractivity (Wildman–Crippen MR) is 116 cm³/mol. The van der Waals surface area contributed by atoms with E-state index in [-0.39, 0.29) is 6.10 Å². The Hall–Kier alpha value is -0.0800. The second kappa shape index (κ2) is 7.88. The van der Waals surface area contributed by atoms with Gasteiger partial charge in [0.15, 0.2) is 0 Å². The van der Waals surface area contributed by atoms with E-state index >= 15 is 0 Å². The molecule has 0 heterocycles. The monoisotopic (exact) mass is 390 g/mol. The summed E-state index contributed by atoms with van der Waals surface area (Å²) in [5.41, 5.74) is 0.887. The van der Waals surface area contributed by atoms with Crippen molar-refractivity contribution >= 4 is 0 Å². The molecule has 0 amide bonds. The minimum Gasteiger partial charge on any atom is -0.396 e. The van der Waals surface area contributed by atoms with Gasteiger partial charge in [-0.25, -0.2) is 0 Å². The summed E-state index contributed by atoms with van der Waals surface area (Å²) in [6.45, 7) is 10.3. The fourth-order valence-corrected chi connectivity index (χ4v) is 9.63. The molecule has 0 bridgehead atoms. The maximum atomic E-state index is 11.7. The van der Waals surface area contributed by atoms with E-state index in [9.17, 15) is 10.2 Å². The van der Waals surface area contributed by atoms with E-state index in [0.717, 1.165) is 42.9 Å². The third-order valence-corrected chi connectivity index (χ3v) is 10.9. The highest BCUT2D eigenvalue weighted by atomic mass is 16.3. The van der Waals surface area contributed by atoms with Crippen molar-refractivity contribution in [1.29, 1.82) is 0 Å². The van der Waals surface area contributed by atoms with Crippen LogP contribution in [0.1, 0.15) is 98.3 Å². The molecule has 4 unspecified atom stereocenters. The number of fused-ring (bicyclic) bond motifs is 5. The molecule has 0 aromatic rings. The lowest BCUT2D eigenvalue weighted by molar-refractivity contribution is -0.194. The summed E-state index contributed by atoms with van der Waals surface area (Å²) < 4.78 is 0. The Morgan fingerprint density at radius 3 is 2.39 bits per heavy atom. The van der Waals surface area contributed by atoms with Crippen LogP contribution < -0.4 is 0 Å². The van der Waals surface area contributed by atoms with Gasteiger partial charge < -0.3 is 10.2 Å². The van der Waals surface area contributed by atoms with E-state index in [4.69, 9.17) is 0 Å². The lowest BCUT2D eigenvalue weighted by atomic mass is 9.41. The van der Waals surface area contributed by atoms with E-state index in [0.29, 0.717) is 35.2 Å². The first-order chi connectivity index (χ1) is 13.4. The highest BCUT2D eigenvalue weighted by molar-refractivity contribution is 5.13. The molecule has 2 nitrogen and oxygen atoms in total. The van der Waals surface area contributed by atoms with Crippen molar-refractivity contribution in [3.8, 4) is 0 Å². The molecule has 2 N–H and O–H groups in total. The summed E-state index contributed by atoms with van der Waals surface area (Å²) in [5, 5.41) is 21.0. The van der Waals surface area contributed by atoms with Crippen LogP contribution in [0.2, 0.25) is 0 Å². The molecule has 0 aromatic carbocycles. The smallest absolute Gasteiger partial charge is 0.0605 e. The Kier molecular flexibility index (Phi) is 5.95. The fourth-order valence-electron chi connectivity index (χ4n) is 9.63. The van der Waals surface area contributed by atoms with Crippen molar-refractivity contribution in [2.45, 2.75) is 104 Å². The molecule has 4 saturated carbocycles. The topological polar surface area (TPSA) is 40.5 Å². The summed E-state index contributed by atoms with van der Waals surface area (Å²) in [4.78, 5) is 0. The maximum absolute atomic E-state index is 11.7. The molecule has 2 heteroatoms. The van der Waals surface area contributed by atoms with Crippen LogP contribution in [0.15, 0.2) is 0 Å². The highest BCUT2D eigenvalue weighted by Crippen LogP contribution is 2.69. The lowest BCUT2D eigenvalue weighted by Crippen LogP contribution is -2.61. The van der Waals surface area contributed by atoms with Gasteiger partial charge in [-0.15, -0.1) is 0 Å². The van der Waals surface area contributed by atoms with E-state index in [1.54, 1.807) is 0 Å². The Labute approximate surface area is 173 Å². The Morgan fingerprint density at radius 2 is 1.68 bits per heavy atom. The van der Waals surface area contributed by atoms with Crippen molar-refractivity contribution in [2.24, 2.45) is 52.3 Å². The van der Waals surface area contributed by atoms with Crippen LogP contribution in [0.4, 0.5) is 0 Å². The van der Waals surface area contributed by atoms with Gasteiger partial charge in [0.05, 0.1) is 6.10 Å². The quantitative estimate of drug-likeness (QED) is 0.600. The second-order valence-corrected chi connectivity index (χ2v) is 11.8. The minimum absolute atomic E-state index is 0.0673. The maximum Gasteiger partial charge on any atom is 0.0605 e. The van der Waals surface area contributed by atoms with Gasteiger partial charge in [-0.1, -0.05) is 47.0 Å². The Bertz CT molecular complexity index is 547. The van der Waals surface area contributed by atoms with E-state index in [1.807, 2.05) is 0 Å². The molecule has 0 saturated heterocycles. The average molecular weight is 391 g/mol. The zero-order chi connectivity index (χ0) is 20.1. The van der Waals surface area contributed by atoms with Gasteiger partial charge in [0.1, 0.15) is 0 Å². The number of aliphatic hydroxyl groups excluding tert-OH is 2. The van der Waals surface area contributed by atoms with Crippen LogP contribution in [0, 0.1) is 52.3 Å². The third kappa shape index (κ3) is 3.03. The number of aliphatic hydroxyl groups is 2. The largest absolute Gasteiger partial charge is 0.396 e. The Morgan fingerprint density at radius 1 is 0.929 bits per heavy atom. The normalized spacial score (nSPS) is 51.9. The average Bonchev–Trinajstić information content (AvgIpc) is 3.04. The van der Waals surface area contributed by atoms with Crippen LogP contribution in [0.3, 0.4) is 0 Å². The van der Waals surface area contributed by atoms with Gasteiger partial charge in [-0.3, -0.25) is 0 Å². The first-order valence-electron chi connectivity index (χ1n) is 12.7. The van der Waals surface area contributed by atoms with Crippen molar-refractivity contribution in [3.05, 3.63) is 0 Å². The molecule has 28 heavy (non-hydrogen) atoms. The lowest BCUT2D eigenvalue weighted by Gasteiger charge is -2.64. The summed E-state index contributed by atoms with van der Waals surface area (Å²) in [6.07, 6.45) is 14.2. The summed E-state index contributed by atoms with van der Waals surface area (Å²) >= 11 is 0. The zero-order valence-corrected chi connectivity index (χ0v) is 19.0. The number of hydrogen-bond acceptors (Lipinski definition) is 2. The highest BCUT2D eigenvalue weighted by Gasteiger charge is 2.64. The van der Waals surface area contributed by atoms with Crippen LogP contribution in [0.5, 0.6) is 0 Å². The van der Waals surface area contributed by atoms with E-state index in [1.165, 1.54) is 51.4 Å². The van der Waals surface area contributed by atoms with Gasteiger partial charge in [0.25, 0.3) is 0 Å². The van der Waals surface area contributed by atoms with Crippen molar-refractivity contribution < 1.29 is 10.2 Å². The molecule has 4 rings (SSSR count). The standard InChI is InChI=1S/C26H46O2/c1-5-18-20-10-6-7-14-25(20,3)22-13-15-26(4)19(17(2)9-8-16-27)11-12-21(26)23(22)24(18)28/h17-24,27-28H,5-16H2,1-4H3/t17-,18-,19-,20+,21?,22?,23?,24+,25+,26?/m1/s1. The SMILES string of the molecule is CC[C@H]1[C@H](O)C2C3CC[C@H]([C@H](C)CCCO)C3(C)CCC2[C@@]2(C)CCCC[C@@H]12. The van der Waals surface area contributed by atoms with Crippen molar-refractivity contribution in [1.82, 2.24) is 0 Å². The van der Waals surface area contributed by atoms with Gasteiger partial charge in [0.2, 0.25) is 0 Å². The van der Waals surface area contributed by atoms with Gasteiger partial charge >= 0.3 is 0 Å². The number of hydrogen-bond donors (Lipinski definition) is 2. The summed E-state index contributed by atoms with van der Waals surface area (Å²) in [6, 6.07) is 0. The van der Waals surface area contributed by atoms with E-state index < -0.39 is 0 Å². The first-order valence-corrected chi connectivity index (χ1v) is 12.7. The van der Waals surface area contributed by atoms with Gasteiger partial charge in [-0.05, 0) is 104 Å². The molecule has 10 atom stereocenters.